The maximum atomic E-state index is 13.9. The molecule has 2 atom stereocenters. The number of carbonyl (C=O) groups excluding carboxylic acids is 1. The number of amides is 1. The predicted octanol–water partition coefficient (Wildman–Crippen LogP) is 4.26. The molecular weight excluding hydrogens is 441 g/mol. The van der Waals surface area contributed by atoms with Crippen molar-refractivity contribution in [3.05, 3.63) is 58.4 Å². The van der Waals surface area contributed by atoms with Crippen LogP contribution >= 0.6 is 11.6 Å². The third-order valence-electron chi connectivity index (χ3n) is 7.08. The van der Waals surface area contributed by atoms with Crippen molar-refractivity contribution in [2.45, 2.75) is 55.9 Å². The fraction of sp³-hybridized carbons (Fsp3) is 0.478. The Labute approximate surface area is 189 Å². The van der Waals surface area contributed by atoms with E-state index in [9.17, 15) is 18.0 Å². The number of hydrogen-bond acceptors (Lipinski definition) is 4. The number of nitrogens with one attached hydrogen (secondary N) is 1. The predicted molar refractivity (Wildman–Crippen MR) is 115 cm³/mol. The summed E-state index contributed by atoms with van der Waals surface area (Å²) in [6, 6.07) is 6.75. The normalized spacial score (nSPS) is 28.9. The molecular formula is C23H24ClF3N4O. The molecule has 3 fully saturated rings. The van der Waals surface area contributed by atoms with Crippen molar-refractivity contribution in [2.24, 2.45) is 11.1 Å². The van der Waals surface area contributed by atoms with Crippen LogP contribution in [-0.2, 0) is 17.6 Å². The summed E-state index contributed by atoms with van der Waals surface area (Å²) in [5, 5.41) is 4.02. The van der Waals surface area contributed by atoms with Gasteiger partial charge in [0.25, 0.3) is 0 Å². The van der Waals surface area contributed by atoms with Gasteiger partial charge in [-0.05, 0) is 67.5 Å². The molecule has 0 radical (unpaired) electrons. The number of nitrogens with two attached hydrogens (primary N) is 1. The summed E-state index contributed by atoms with van der Waals surface area (Å²) in [4.78, 5) is 17.7. The Morgan fingerprint density at radius 1 is 1.22 bits per heavy atom. The van der Waals surface area contributed by atoms with Crippen LogP contribution in [-0.4, -0.2) is 40.6 Å². The number of anilines is 1. The third-order valence-corrected chi connectivity index (χ3v) is 7.32. The molecule has 1 aromatic carbocycles. The molecule has 0 spiro atoms. The summed E-state index contributed by atoms with van der Waals surface area (Å²) in [5.41, 5.74) is 7.71. The first-order valence-corrected chi connectivity index (χ1v) is 11.0. The molecule has 32 heavy (non-hydrogen) atoms. The number of benzene rings is 1. The number of nitrogens with zero attached hydrogens (tertiary/aromatic N) is 2. The van der Waals surface area contributed by atoms with E-state index in [1.165, 1.54) is 30.4 Å². The molecule has 170 valence electrons. The quantitative estimate of drug-likeness (QED) is 0.693. The minimum atomic E-state index is -4.64. The average molecular weight is 465 g/mol. The van der Waals surface area contributed by atoms with Crippen molar-refractivity contribution in [3.8, 4) is 0 Å². The Balaban J connectivity index is 1.29. The number of hydrogen-bond donors (Lipinski definition) is 2. The minimum Gasteiger partial charge on any atom is -0.380 e. The van der Waals surface area contributed by atoms with Crippen LogP contribution in [0.5, 0.6) is 0 Å². The van der Waals surface area contributed by atoms with Gasteiger partial charge in [0.15, 0.2) is 6.04 Å². The third kappa shape index (κ3) is 3.53. The number of alkyl halides is 3. The summed E-state index contributed by atoms with van der Waals surface area (Å²) in [5.74, 6) is -0.501. The highest BCUT2D eigenvalue weighted by atomic mass is 35.5. The van der Waals surface area contributed by atoms with Gasteiger partial charge >= 0.3 is 6.18 Å². The van der Waals surface area contributed by atoms with Crippen molar-refractivity contribution < 1.29 is 18.0 Å². The zero-order valence-corrected chi connectivity index (χ0v) is 18.3. The van der Waals surface area contributed by atoms with E-state index in [-0.39, 0.29) is 17.3 Å². The van der Waals surface area contributed by atoms with Gasteiger partial charge < -0.3 is 16.0 Å². The van der Waals surface area contributed by atoms with Gasteiger partial charge in [0.05, 0.1) is 23.0 Å². The van der Waals surface area contributed by atoms with Gasteiger partial charge in [-0.25, -0.2) is 0 Å². The van der Waals surface area contributed by atoms with Crippen molar-refractivity contribution in [1.82, 2.24) is 9.88 Å². The van der Waals surface area contributed by atoms with E-state index >= 15 is 0 Å². The molecule has 0 saturated heterocycles. The first-order chi connectivity index (χ1) is 15.0. The smallest absolute Gasteiger partial charge is 0.380 e. The first kappa shape index (κ1) is 21.5. The molecule has 5 nitrogen and oxygen atoms in total. The molecule has 4 aliphatic rings. The molecule has 3 N–H and O–H groups in total. The van der Waals surface area contributed by atoms with Gasteiger partial charge in [0, 0.05) is 23.7 Å². The van der Waals surface area contributed by atoms with Gasteiger partial charge in [-0.15, -0.1) is 0 Å². The SMILES string of the molecule is CN(C(=O)C12CC(N)(C1)C2)C(c1ccc(N[C@H]2Cc3ccc(Cl)cc3C2)cn1)C(F)(F)F. The van der Waals surface area contributed by atoms with E-state index < -0.39 is 23.5 Å². The lowest BCUT2D eigenvalue weighted by Crippen LogP contribution is -2.76. The van der Waals surface area contributed by atoms with Gasteiger partial charge in [-0.2, -0.15) is 13.2 Å². The number of fused-ring (bicyclic) bond motifs is 1. The van der Waals surface area contributed by atoms with Gasteiger partial charge in [-0.1, -0.05) is 17.7 Å². The second-order valence-corrected chi connectivity index (χ2v) is 10.1. The maximum absolute atomic E-state index is 13.9. The zero-order chi connectivity index (χ0) is 22.9. The maximum Gasteiger partial charge on any atom is 0.414 e. The van der Waals surface area contributed by atoms with Crippen LogP contribution in [0.1, 0.15) is 42.1 Å². The van der Waals surface area contributed by atoms with Crippen molar-refractivity contribution in [3.63, 3.8) is 0 Å². The van der Waals surface area contributed by atoms with Crippen molar-refractivity contribution in [2.75, 3.05) is 12.4 Å². The lowest BCUT2D eigenvalue weighted by molar-refractivity contribution is -0.211. The fourth-order valence-corrected chi connectivity index (χ4v) is 5.94. The molecule has 4 aliphatic carbocycles. The number of carbonyl (C=O) groups is 1. The van der Waals surface area contributed by atoms with Gasteiger partial charge in [0.1, 0.15) is 0 Å². The van der Waals surface area contributed by atoms with E-state index in [0.717, 1.165) is 17.7 Å². The second-order valence-electron chi connectivity index (χ2n) is 9.67. The molecule has 3 saturated carbocycles. The molecule has 2 bridgehead atoms. The summed E-state index contributed by atoms with van der Waals surface area (Å²) < 4.78 is 41.8. The van der Waals surface area contributed by atoms with Crippen LogP contribution in [0.25, 0.3) is 0 Å². The lowest BCUT2D eigenvalue weighted by atomic mass is 9.39. The van der Waals surface area contributed by atoms with E-state index in [2.05, 4.69) is 10.3 Å². The van der Waals surface area contributed by atoms with Crippen molar-refractivity contribution in [1.29, 1.82) is 0 Å². The average Bonchev–Trinajstić information content (AvgIpc) is 3.06. The molecule has 1 heterocycles. The highest BCUT2D eigenvalue weighted by molar-refractivity contribution is 6.30. The molecule has 1 aromatic heterocycles. The Hall–Kier alpha value is -2.32. The van der Waals surface area contributed by atoms with Crippen LogP contribution in [0.4, 0.5) is 18.9 Å². The molecule has 2 aromatic rings. The van der Waals surface area contributed by atoms with Crippen LogP contribution < -0.4 is 11.1 Å². The topological polar surface area (TPSA) is 71.2 Å². The van der Waals surface area contributed by atoms with Crippen LogP contribution in [0.3, 0.4) is 0 Å². The highest BCUT2D eigenvalue weighted by Crippen LogP contribution is 2.66. The Morgan fingerprint density at radius 3 is 2.50 bits per heavy atom. The summed E-state index contributed by atoms with van der Waals surface area (Å²) >= 11 is 6.06. The minimum absolute atomic E-state index is 0.117. The molecule has 6 rings (SSSR count). The number of halogens is 4. The highest BCUT2D eigenvalue weighted by Gasteiger charge is 2.71. The van der Waals surface area contributed by atoms with E-state index in [1.54, 1.807) is 6.07 Å². The Bertz CT molecular complexity index is 1050. The first-order valence-electron chi connectivity index (χ1n) is 10.6. The summed E-state index contributed by atoms with van der Waals surface area (Å²) in [6.07, 6.45) is -0.274. The Morgan fingerprint density at radius 2 is 1.91 bits per heavy atom. The standard InChI is InChI=1S/C23H24ClF3N4O/c1-31(20(32)21-10-22(28,11-21)12-21)19(23(25,26)27)18-5-4-16(9-29-18)30-17-7-13-2-3-15(24)6-14(13)8-17/h2-6,9,17,19,30H,7-8,10-12,28H2,1H3/t17-,19?,21?,22?/m0/s1. The molecule has 0 aliphatic heterocycles. The van der Waals surface area contributed by atoms with E-state index in [0.29, 0.717) is 30.0 Å². The van der Waals surface area contributed by atoms with Crippen LogP contribution in [0.15, 0.2) is 36.5 Å². The van der Waals surface area contributed by atoms with E-state index in [4.69, 9.17) is 17.3 Å². The molecule has 9 heteroatoms. The molecule has 1 amide bonds. The zero-order valence-electron chi connectivity index (χ0n) is 17.5. The summed E-state index contributed by atoms with van der Waals surface area (Å²) in [6.45, 7) is 0. The van der Waals surface area contributed by atoms with Crippen molar-refractivity contribution >= 4 is 23.2 Å². The van der Waals surface area contributed by atoms with E-state index in [1.807, 2.05) is 18.2 Å². The van der Waals surface area contributed by atoms with Gasteiger partial charge in [-0.3, -0.25) is 9.78 Å². The number of pyridine rings is 1. The monoisotopic (exact) mass is 464 g/mol. The molecule has 1 unspecified atom stereocenters. The van der Waals surface area contributed by atoms with Crippen LogP contribution in [0, 0.1) is 5.41 Å². The fourth-order valence-electron chi connectivity index (χ4n) is 5.75. The largest absolute Gasteiger partial charge is 0.414 e. The number of aromatic nitrogens is 1. The second kappa shape index (κ2) is 7.09. The van der Waals surface area contributed by atoms with Crippen LogP contribution in [0.2, 0.25) is 5.02 Å². The lowest BCUT2D eigenvalue weighted by Gasteiger charge is -2.68. The Kier molecular flexibility index (Phi) is 4.77. The summed E-state index contributed by atoms with van der Waals surface area (Å²) in [7, 11) is 1.21. The van der Waals surface area contributed by atoms with Gasteiger partial charge in [0.2, 0.25) is 5.91 Å². The number of rotatable bonds is 5.